The number of aliphatic carboxylic acids is 1. The average Bonchev–Trinajstić information content (AvgIpc) is 2.70. The highest BCUT2D eigenvalue weighted by atomic mass is 35.5. The van der Waals surface area contributed by atoms with E-state index in [9.17, 15) is 41.8 Å². The van der Waals surface area contributed by atoms with Crippen LogP contribution >= 0.6 is 11.6 Å². The molecular formula is C20H20ClF4N3O5. The number of carboxylic acids is 1. The fourth-order valence-corrected chi connectivity index (χ4v) is 3.65. The van der Waals surface area contributed by atoms with Crippen molar-refractivity contribution in [3.63, 3.8) is 0 Å². The first kappa shape index (κ1) is 26.1. The van der Waals surface area contributed by atoms with Gasteiger partial charge in [0.2, 0.25) is 5.91 Å². The highest BCUT2D eigenvalue weighted by Crippen LogP contribution is 2.33. The third-order valence-corrected chi connectivity index (χ3v) is 5.37. The number of halogens is 5. The molecule has 1 aromatic carbocycles. The first-order valence-corrected chi connectivity index (χ1v) is 10.0. The third kappa shape index (κ3) is 5.27. The number of hydrogen-bond donors (Lipinski definition) is 1. The molecule has 180 valence electrons. The predicted molar refractivity (Wildman–Crippen MR) is 110 cm³/mol. The van der Waals surface area contributed by atoms with Crippen molar-refractivity contribution < 1.29 is 32.3 Å². The van der Waals surface area contributed by atoms with Crippen LogP contribution in [0, 0.1) is 5.82 Å². The molecule has 13 heteroatoms. The minimum atomic E-state index is -5.02. The number of carbonyl (C=O) groups excluding carboxylic acids is 1. The van der Waals surface area contributed by atoms with E-state index in [4.69, 9.17) is 11.6 Å². The van der Waals surface area contributed by atoms with Crippen LogP contribution in [-0.2, 0) is 22.8 Å². The molecule has 0 spiro atoms. The molecule has 0 saturated heterocycles. The zero-order valence-corrected chi connectivity index (χ0v) is 18.5. The molecule has 1 heterocycles. The van der Waals surface area contributed by atoms with E-state index in [1.165, 1.54) is 4.90 Å². The fraction of sp³-hybridized carbons (Fsp3) is 0.400. The molecule has 0 saturated carbocycles. The molecular weight excluding hydrogens is 474 g/mol. The summed E-state index contributed by atoms with van der Waals surface area (Å²) < 4.78 is 54.3. The largest absolute Gasteiger partial charge is 0.481 e. The molecule has 2 aromatic rings. The van der Waals surface area contributed by atoms with Crippen molar-refractivity contribution >= 4 is 23.5 Å². The van der Waals surface area contributed by atoms with Gasteiger partial charge in [0.15, 0.2) is 0 Å². The van der Waals surface area contributed by atoms with Gasteiger partial charge in [0.25, 0.3) is 5.56 Å². The van der Waals surface area contributed by atoms with Gasteiger partial charge < -0.3 is 10.0 Å². The second kappa shape index (κ2) is 9.77. The SMILES string of the molecule is CCN(CC)C(=O)C(CC(=O)O)c1cc(-n2c(=O)cc(C(F)(F)F)n(C)c2=O)c(F)cc1Cl. The first-order valence-electron chi connectivity index (χ1n) is 9.64. The first-order chi connectivity index (χ1) is 15.2. The minimum absolute atomic E-state index is 0.130. The summed E-state index contributed by atoms with van der Waals surface area (Å²) in [5, 5.41) is 8.93. The van der Waals surface area contributed by atoms with Crippen LogP contribution in [0.2, 0.25) is 5.02 Å². The van der Waals surface area contributed by atoms with Crippen molar-refractivity contribution in [2.75, 3.05) is 13.1 Å². The van der Waals surface area contributed by atoms with Crippen molar-refractivity contribution in [3.8, 4) is 5.69 Å². The normalized spacial score (nSPS) is 12.5. The van der Waals surface area contributed by atoms with Gasteiger partial charge >= 0.3 is 17.8 Å². The molecule has 1 amide bonds. The van der Waals surface area contributed by atoms with E-state index in [1.807, 2.05) is 0 Å². The monoisotopic (exact) mass is 493 g/mol. The van der Waals surface area contributed by atoms with E-state index in [0.717, 1.165) is 13.1 Å². The smallest absolute Gasteiger partial charge is 0.431 e. The number of carboxylic acid groups (broad SMARTS) is 1. The van der Waals surface area contributed by atoms with Gasteiger partial charge in [-0.15, -0.1) is 0 Å². The highest BCUT2D eigenvalue weighted by Gasteiger charge is 2.36. The summed E-state index contributed by atoms with van der Waals surface area (Å²) in [6.07, 6.45) is -5.75. The van der Waals surface area contributed by atoms with Crippen LogP contribution in [0.25, 0.3) is 5.69 Å². The Hall–Kier alpha value is -3.15. The topological polar surface area (TPSA) is 102 Å². The van der Waals surface area contributed by atoms with Crippen molar-refractivity contribution in [1.29, 1.82) is 0 Å². The molecule has 0 aliphatic heterocycles. The average molecular weight is 494 g/mol. The standard InChI is InChI=1S/C20H20ClF4N3O5/c1-4-27(5-2)18(32)11(7-17(30)31)10-6-14(13(22)8-12(10)21)28-16(29)9-15(20(23,24)25)26(3)19(28)33/h6,8-9,11H,4-5,7H2,1-3H3,(H,30,31). The van der Waals surface area contributed by atoms with E-state index >= 15 is 0 Å². The Labute approximate surface area is 189 Å². The van der Waals surface area contributed by atoms with E-state index in [0.29, 0.717) is 6.07 Å². The third-order valence-electron chi connectivity index (χ3n) is 5.05. The van der Waals surface area contributed by atoms with Gasteiger partial charge in [-0.25, -0.2) is 13.8 Å². The second-order valence-electron chi connectivity index (χ2n) is 7.03. The lowest BCUT2D eigenvalue weighted by atomic mass is 9.93. The molecule has 0 aliphatic rings. The number of likely N-dealkylation sites (N-methyl/N-ethyl adjacent to an activating group) is 1. The number of carbonyl (C=O) groups is 2. The molecule has 1 N–H and O–H groups in total. The lowest BCUT2D eigenvalue weighted by molar-refractivity contribution is -0.144. The summed E-state index contributed by atoms with van der Waals surface area (Å²) in [5.74, 6) is -4.64. The maximum absolute atomic E-state index is 14.7. The zero-order chi connectivity index (χ0) is 25.2. The molecule has 8 nitrogen and oxygen atoms in total. The van der Waals surface area contributed by atoms with Gasteiger partial charge in [-0.1, -0.05) is 11.6 Å². The molecule has 0 radical (unpaired) electrons. The number of hydrogen-bond acceptors (Lipinski definition) is 4. The quantitative estimate of drug-likeness (QED) is 0.598. The summed E-state index contributed by atoms with van der Waals surface area (Å²) in [7, 11) is 0.757. The fourth-order valence-electron chi connectivity index (χ4n) is 3.37. The van der Waals surface area contributed by atoms with Crippen molar-refractivity contribution in [3.05, 3.63) is 61.1 Å². The Kier molecular flexibility index (Phi) is 7.73. The molecule has 1 unspecified atom stereocenters. The van der Waals surface area contributed by atoms with Gasteiger partial charge in [0.1, 0.15) is 11.5 Å². The van der Waals surface area contributed by atoms with Crippen molar-refractivity contribution in [2.45, 2.75) is 32.4 Å². The number of aromatic nitrogens is 2. The van der Waals surface area contributed by atoms with E-state index in [2.05, 4.69) is 0 Å². The molecule has 1 aromatic heterocycles. The Balaban J connectivity index is 2.81. The van der Waals surface area contributed by atoms with E-state index < -0.39 is 58.8 Å². The van der Waals surface area contributed by atoms with Gasteiger partial charge in [0, 0.05) is 31.2 Å². The Morgan fingerprint density at radius 3 is 2.21 bits per heavy atom. The van der Waals surface area contributed by atoms with Gasteiger partial charge in [-0.3, -0.25) is 19.0 Å². The molecule has 0 bridgehead atoms. The number of rotatable bonds is 7. The van der Waals surface area contributed by atoms with Crippen LogP contribution in [0.15, 0.2) is 27.8 Å². The zero-order valence-electron chi connectivity index (χ0n) is 17.7. The summed E-state index contributed by atoms with van der Waals surface area (Å²) in [4.78, 5) is 50.6. The highest BCUT2D eigenvalue weighted by molar-refractivity contribution is 6.31. The van der Waals surface area contributed by atoms with E-state index in [-0.39, 0.29) is 38.9 Å². The second-order valence-corrected chi connectivity index (χ2v) is 7.44. The van der Waals surface area contributed by atoms with E-state index in [1.54, 1.807) is 13.8 Å². The lowest BCUT2D eigenvalue weighted by Gasteiger charge is -2.25. The Morgan fingerprint density at radius 2 is 1.73 bits per heavy atom. The molecule has 0 aliphatic carbocycles. The number of benzene rings is 1. The lowest BCUT2D eigenvalue weighted by Crippen LogP contribution is -2.41. The molecule has 2 rings (SSSR count). The number of amides is 1. The molecule has 1 atom stereocenters. The Morgan fingerprint density at radius 1 is 1.15 bits per heavy atom. The summed E-state index contributed by atoms with van der Waals surface area (Å²) in [6.45, 7) is 3.77. The van der Waals surface area contributed by atoms with Crippen LogP contribution in [-0.4, -0.2) is 44.1 Å². The van der Waals surface area contributed by atoms with Crippen LogP contribution in [0.4, 0.5) is 17.6 Å². The Bertz CT molecular complexity index is 1200. The van der Waals surface area contributed by atoms with Crippen molar-refractivity contribution in [1.82, 2.24) is 14.0 Å². The van der Waals surface area contributed by atoms with Gasteiger partial charge in [-0.2, -0.15) is 13.2 Å². The summed E-state index contributed by atoms with van der Waals surface area (Å²) >= 11 is 6.08. The molecule has 33 heavy (non-hydrogen) atoms. The van der Waals surface area contributed by atoms with Crippen LogP contribution in [0.5, 0.6) is 0 Å². The maximum atomic E-state index is 14.7. The van der Waals surface area contributed by atoms with Crippen LogP contribution < -0.4 is 11.2 Å². The summed E-state index contributed by atoms with van der Waals surface area (Å²) in [5.41, 5.74) is -5.46. The van der Waals surface area contributed by atoms with Crippen molar-refractivity contribution in [2.24, 2.45) is 7.05 Å². The van der Waals surface area contributed by atoms with Gasteiger partial charge in [0.05, 0.1) is 18.0 Å². The predicted octanol–water partition coefficient (Wildman–Crippen LogP) is 2.77. The minimum Gasteiger partial charge on any atom is -0.481 e. The number of nitrogens with zero attached hydrogens (tertiary/aromatic N) is 3. The molecule has 0 fully saturated rings. The van der Waals surface area contributed by atoms with Crippen LogP contribution in [0.3, 0.4) is 0 Å². The van der Waals surface area contributed by atoms with Gasteiger partial charge in [-0.05, 0) is 31.5 Å². The number of alkyl halides is 3. The van der Waals surface area contributed by atoms with Crippen LogP contribution in [0.1, 0.15) is 37.4 Å². The summed E-state index contributed by atoms with van der Waals surface area (Å²) in [6, 6.07) is 1.63. The maximum Gasteiger partial charge on any atom is 0.431 e.